The van der Waals surface area contributed by atoms with Crippen molar-refractivity contribution < 1.29 is 12.8 Å². The molecule has 0 aliphatic heterocycles. The van der Waals surface area contributed by atoms with Crippen molar-refractivity contribution in [2.24, 2.45) is 0 Å². The van der Waals surface area contributed by atoms with E-state index >= 15 is 0 Å². The predicted octanol–water partition coefficient (Wildman–Crippen LogP) is 2.53. The van der Waals surface area contributed by atoms with Gasteiger partial charge in [-0.05, 0) is 31.0 Å². The number of nitrogens with zero attached hydrogens (tertiary/aromatic N) is 1. The van der Waals surface area contributed by atoms with Crippen LogP contribution in [0.5, 0.6) is 0 Å². The van der Waals surface area contributed by atoms with Crippen molar-refractivity contribution in [3.8, 4) is 0 Å². The average Bonchev–Trinajstić information content (AvgIpc) is 2.88. The highest BCUT2D eigenvalue weighted by Gasteiger charge is 2.33. The molecule has 0 bridgehead atoms. The van der Waals surface area contributed by atoms with Crippen molar-refractivity contribution in [3.63, 3.8) is 0 Å². The molecule has 0 spiro atoms. The number of sulfonamides is 1. The molecule has 1 aliphatic rings. The van der Waals surface area contributed by atoms with Crippen molar-refractivity contribution in [3.05, 3.63) is 36.7 Å². The van der Waals surface area contributed by atoms with Gasteiger partial charge < -0.3 is 5.73 Å². The van der Waals surface area contributed by atoms with Gasteiger partial charge in [-0.3, -0.25) is 0 Å². The maximum atomic E-state index is 13.9. The molecule has 0 saturated heterocycles. The van der Waals surface area contributed by atoms with E-state index in [4.69, 9.17) is 5.73 Å². The van der Waals surface area contributed by atoms with Crippen molar-refractivity contribution >= 4 is 15.7 Å². The fraction of sp³-hybridized carbons (Fsp3) is 0.429. The number of benzene rings is 1. The Labute approximate surface area is 119 Å². The number of nitrogens with two attached hydrogens (primary N) is 1. The molecular weight excluding hydrogens is 279 g/mol. The number of halogens is 1. The van der Waals surface area contributed by atoms with E-state index in [9.17, 15) is 12.8 Å². The summed E-state index contributed by atoms with van der Waals surface area (Å²) in [5, 5.41) is 0. The van der Waals surface area contributed by atoms with E-state index < -0.39 is 15.8 Å². The zero-order valence-electron chi connectivity index (χ0n) is 11.3. The van der Waals surface area contributed by atoms with E-state index in [0.29, 0.717) is 0 Å². The predicted molar refractivity (Wildman–Crippen MR) is 77.2 cm³/mol. The summed E-state index contributed by atoms with van der Waals surface area (Å²) in [6.45, 7) is 3.79. The number of hydrogen-bond donors (Lipinski definition) is 1. The minimum Gasteiger partial charge on any atom is -0.399 e. The van der Waals surface area contributed by atoms with E-state index in [0.717, 1.165) is 31.7 Å². The Balaban J connectivity index is 2.41. The van der Waals surface area contributed by atoms with Crippen LogP contribution in [0.15, 0.2) is 35.7 Å². The molecular formula is C14H19FN2O2S. The van der Waals surface area contributed by atoms with Gasteiger partial charge in [0, 0.05) is 18.3 Å². The Morgan fingerprint density at radius 3 is 2.60 bits per heavy atom. The van der Waals surface area contributed by atoms with Crippen LogP contribution in [-0.4, -0.2) is 25.3 Å². The quantitative estimate of drug-likeness (QED) is 0.671. The van der Waals surface area contributed by atoms with Gasteiger partial charge in [0.05, 0.1) is 0 Å². The fourth-order valence-electron chi connectivity index (χ4n) is 2.62. The van der Waals surface area contributed by atoms with Gasteiger partial charge in [0.15, 0.2) is 0 Å². The SMILES string of the molecule is C=CCN(C1CCCC1)S(=O)(=O)c1ccc(N)cc1F. The van der Waals surface area contributed by atoms with E-state index in [-0.39, 0.29) is 23.2 Å². The lowest BCUT2D eigenvalue weighted by Gasteiger charge is -2.27. The number of anilines is 1. The zero-order valence-corrected chi connectivity index (χ0v) is 12.1. The lowest BCUT2D eigenvalue weighted by molar-refractivity contribution is 0.346. The third-order valence-electron chi connectivity index (χ3n) is 3.58. The zero-order chi connectivity index (χ0) is 14.8. The topological polar surface area (TPSA) is 63.4 Å². The first kappa shape index (κ1) is 15.0. The van der Waals surface area contributed by atoms with Gasteiger partial charge in [-0.25, -0.2) is 12.8 Å². The van der Waals surface area contributed by atoms with Gasteiger partial charge in [-0.15, -0.1) is 6.58 Å². The maximum Gasteiger partial charge on any atom is 0.246 e. The summed E-state index contributed by atoms with van der Waals surface area (Å²) >= 11 is 0. The van der Waals surface area contributed by atoms with E-state index in [1.54, 1.807) is 0 Å². The highest BCUT2D eigenvalue weighted by atomic mass is 32.2. The second kappa shape index (κ2) is 5.93. The number of hydrogen-bond acceptors (Lipinski definition) is 3. The molecule has 1 aromatic rings. The molecule has 1 aliphatic carbocycles. The van der Waals surface area contributed by atoms with Gasteiger partial charge in [-0.2, -0.15) is 4.31 Å². The minimum atomic E-state index is -3.86. The van der Waals surface area contributed by atoms with Crippen LogP contribution in [0.25, 0.3) is 0 Å². The fourth-order valence-corrected chi connectivity index (χ4v) is 4.32. The molecule has 1 aromatic carbocycles. The second-order valence-electron chi connectivity index (χ2n) is 4.99. The van der Waals surface area contributed by atoms with Crippen LogP contribution >= 0.6 is 0 Å². The van der Waals surface area contributed by atoms with Crippen molar-refractivity contribution in [2.45, 2.75) is 36.6 Å². The lowest BCUT2D eigenvalue weighted by Crippen LogP contribution is -2.39. The van der Waals surface area contributed by atoms with Crippen molar-refractivity contribution in [1.82, 2.24) is 4.31 Å². The van der Waals surface area contributed by atoms with Crippen LogP contribution < -0.4 is 5.73 Å². The highest BCUT2D eigenvalue weighted by molar-refractivity contribution is 7.89. The summed E-state index contributed by atoms with van der Waals surface area (Å²) in [5.74, 6) is -0.808. The summed E-state index contributed by atoms with van der Waals surface area (Å²) in [7, 11) is -3.86. The van der Waals surface area contributed by atoms with Crippen molar-refractivity contribution in [2.75, 3.05) is 12.3 Å². The summed E-state index contributed by atoms with van der Waals surface area (Å²) in [4.78, 5) is -0.319. The molecule has 20 heavy (non-hydrogen) atoms. The summed E-state index contributed by atoms with van der Waals surface area (Å²) in [6, 6.07) is 3.59. The summed E-state index contributed by atoms with van der Waals surface area (Å²) < 4.78 is 40.5. The first-order chi connectivity index (χ1) is 9.46. The third kappa shape index (κ3) is 2.86. The molecule has 6 heteroatoms. The Morgan fingerprint density at radius 1 is 1.40 bits per heavy atom. The van der Waals surface area contributed by atoms with Gasteiger partial charge in [0.1, 0.15) is 10.7 Å². The van der Waals surface area contributed by atoms with Crippen molar-refractivity contribution in [1.29, 1.82) is 0 Å². The van der Waals surface area contributed by atoms with Gasteiger partial charge in [-0.1, -0.05) is 18.9 Å². The van der Waals surface area contributed by atoms with Gasteiger partial charge in [0.2, 0.25) is 10.0 Å². The van der Waals surface area contributed by atoms with Crippen LogP contribution in [0.4, 0.5) is 10.1 Å². The number of nitrogen functional groups attached to an aromatic ring is 1. The summed E-state index contributed by atoms with van der Waals surface area (Å²) in [6.07, 6.45) is 5.15. The molecule has 1 saturated carbocycles. The van der Waals surface area contributed by atoms with Crippen LogP contribution in [0.3, 0.4) is 0 Å². The van der Waals surface area contributed by atoms with E-state index in [1.165, 1.54) is 22.5 Å². The molecule has 0 unspecified atom stereocenters. The smallest absolute Gasteiger partial charge is 0.246 e. The van der Waals surface area contributed by atoms with Gasteiger partial charge in [0.25, 0.3) is 0 Å². The number of rotatable bonds is 5. The van der Waals surface area contributed by atoms with E-state index in [1.807, 2.05) is 0 Å². The minimum absolute atomic E-state index is 0.0741. The first-order valence-corrected chi connectivity index (χ1v) is 8.08. The largest absolute Gasteiger partial charge is 0.399 e. The molecule has 110 valence electrons. The second-order valence-corrected chi connectivity index (χ2v) is 6.85. The Kier molecular flexibility index (Phi) is 4.45. The molecule has 0 radical (unpaired) electrons. The van der Waals surface area contributed by atoms with Crippen LogP contribution in [-0.2, 0) is 10.0 Å². The molecule has 1 fully saturated rings. The molecule has 0 atom stereocenters. The Hall–Kier alpha value is -1.40. The Morgan fingerprint density at radius 2 is 2.05 bits per heavy atom. The molecule has 4 nitrogen and oxygen atoms in total. The first-order valence-electron chi connectivity index (χ1n) is 6.64. The monoisotopic (exact) mass is 298 g/mol. The average molecular weight is 298 g/mol. The van der Waals surface area contributed by atoms with Gasteiger partial charge >= 0.3 is 0 Å². The third-order valence-corrected chi connectivity index (χ3v) is 5.54. The summed E-state index contributed by atoms with van der Waals surface area (Å²) in [5.41, 5.74) is 5.67. The Bertz CT molecular complexity index is 595. The molecule has 2 rings (SSSR count). The maximum absolute atomic E-state index is 13.9. The lowest BCUT2D eigenvalue weighted by atomic mass is 10.2. The van der Waals surface area contributed by atoms with Crippen LogP contribution in [0, 0.1) is 5.82 Å². The normalized spacial score (nSPS) is 16.7. The molecule has 0 heterocycles. The highest BCUT2D eigenvalue weighted by Crippen LogP contribution is 2.30. The molecule has 0 aromatic heterocycles. The van der Waals surface area contributed by atoms with Crippen LogP contribution in [0.2, 0.25) is 0 Å². The molecule has 0 amide bonds. The van der Waals surface area contributed by atoms with E-state index in [2.05, 4.69) is 6.58 Å². The molecule has 2 N–H and O–H groups in total. The van der Waals surface area contributed by atoms with Crippen LogP contribution in [0.1, 0.15) is 25.7 Å². The standard InChI is InChI=1S/C14H19FN2O2S/c1-2-9-17(12-5-3-4-6-12)20(18,19)14-8-7-11(16)10-13(14)15/h2,7-8,10,12H,1,3-6,9,16H2.